The van der Waals surface area contributed by atoms with Gasteiger partial charge in [-0.15, -0.1) is 0 Å². The number of anilines is 1. The van der Waals surface area contributed by atoms with Crippen LogP contribution in [0.2, 0.25) is 5.02 Å². The second-order valence-corrected chi connectivity index (χ2v) is 6.72. The second kappa shape index (κ2) is 9.19. The quantitative estimate of drug-likeness (QED) is 0.442. The van der Waals surface area contributed by atoms with E-state index in [9.17, 15) is 9.59 Å². The molecule has 28 heavy (non-hydrogen) atoms. The molecule has 1 saturated heterocycles. The average molecular weight is 398 g/mol. The molecular weight excluding hydrogens is 378 g/mol. The number of carbonyl (C=O) groups is 2. The SMILES string of the molecule is C=CCOc1ccc(/C=N\NC(=O)[C@@H]2CC(=O)N(c3ccc(Cl)cc3)C2)cc1. The van der Waals surface area contributed by atoms with Crippen LogP contribution in [0, 0.1) is 5.92 Å². The zero-order valence-electron chi connectivity index (χ0n) is 15.2. The Labute approximate surface area is 168 Å². The van der Waals surface area contributed by atoms with E-state index >= 15 is 0 Å². The maximum absolute atomic E-state index is 12.3. The number of ether oxygens (including phenoxy) is 1. The Balaban J connectivity index is 1.53. The molecule has 1 heterocycles. The molecule has 1 N–H and O–H groups in total. The normalized spacial score (nSPS) is 16.4. The van der Waals surface area contributed by atoms with Crippen molar-refractivity contribution in [3.63, 3.8) is 0 Å². The van der Waals surface area contributed by atoms with Gasteiger partial charge in [0.05, 0.1) is 12.1 Å². The zero-order chi connectivity index (χ0) is 19.9. The Morgan fingerprint density at radius 2 is 1.96 bits per heavy atom. The fourth-order valence-corrected chi connectivity index (χ4v) is 2.95. The van der Waals surface area contributed by atoms with Gasteiger partial charge in [0, 0.05) is 23.7 Å². The number of amides is 2. The van der Waals surface area contributed by atoms with E-state index < -0.39 is 5.92 Å². The lowest BCUT2D eigenvalue weighted by Gasteiger charge is -2.16. The number of benzene rings is 2. The number of rotatable bonds is 7. The van der Waals surface area contributed by atoms with E-state index in [-0.39, 0.29) is 18.2 Å². The fraction of sp³-hybridized carbons (Fsp3) is 0.190. The van der Waals surface area contributed by atoms with E-state index in [0.717, 1.165) is 17.0 Å². The molecule has 0 radical (unpaired) electrons. The minimum Gasteiger partial charge on any atom is -0.490 e. The number of nitrogens with one attached hydrogen (secondary N) is 1. The van der Waals surface area contributed by atoms with Gasteiger partial charge in [-0.3, -0.25) is 9.59 Å². The van der Waals surface area contributed by atoms with E-state index in [1.54, 1.807) is 41.5 Å². The molecule has 6 nitrogen and oxygen atoms in total. The number of halogens is 1. The van der Waals surface area contributed by atoms with Crippen LogP contribution in [0.5, 0.6) is 5.75 Å². The van der Waals surface area contributed by atoms with Crippen LogP contribution in [0.3, 0.4) is 0 Å². The standard InChI is InChI=1S/C21H20ClN3O3/c1-2-11-28-19-9-3-15(4-10-19)13-23-24-21(27)16-12-20(26)25(14-16)18-7-5-17(22)6-8-18/h2-10,13,16H,1,11-12,14H2,(H,24,27)/b23-13-/t16-/m1/s1. The number of carbonyl (C=O) groups excluding carboxylic acids is 2. The van der Waals surface area contributed by atoms with Gasteiger partial charge in [0.15, 0.2) is 0 Å². The van der Waals surface area contributed by atoms with Crippen LogP contribution >= 0.6 is 11.6 Å². The highest BCUT2D eigenvalue weighted by atomic mass is 35.5. The maximum Gasteiger partial charge on any atom is 0.245 e. The summed E-state index contributed by atoms with van der Waals surface area (Å²) in [5, 5.41) is 4.58. The topological polar surface area (TPSA) is 71.0 Å². The van der Waals surface area contributed by atoms with Crippen molar-refractivity contribution in [2.45, 2.75) is 6.42 Å². The molecule has 0 bridgehead atoms. The van der Waals surface area contributed by atoms with Crippen LogP contribution in [0.1, 0.15) is 12.0 Å². The van der Waals surface area contributed by atoms with Crippen LogP contribution in [-0.2, 0) is 9.59 Å². The van der Waals surface area contributed by atoms with Crippen molar-refractivity contribution in [1.29, 1.82) is 0 Å². The first-order valence-electron chi connectivity index (χ1n) is 8.79. The zero-order valence-corrected chi connectivity index (χ0v) is 15.9. The Kier molecular flexibility index (Phi) is 6.45. The van der Waals surface area contributed by atoms with Gasteiger partial charge >= 0.3 is 0 Å². The first-order valence-corrected chi connectivity index (χ1v) is 9.17. The molecule has 0 aromatic heterocycles. The molecule has 1 aliphatic rings. The van der Waals surface area contributed by atoms with E-state index in [4.69, 9.17) is 16.3 Å². The van der Waals surface area contributed by atoms with Gasteiger partial charge in [-0.25, -0.2) is 5.43 Å². The predicted octanol–water partition coefficient (Wildman–Crippen LogP) is 3.41. The smallest absolute Gasteiger partial charge is 0.245 e. The van der Waals surface area contributed by atoms with Crippen molar-refractivity contribution >= 4 is 35.3 Å². The van der Waals surface area contributed by atoms with Gasteiger partial charge in [-0.2, -0.15) is 5.10 Å². The van der Waals surface area contributed by atoms with Crippen LogP contribution in [0.25, 0.3) is 0 Å². The van der Waals surface area contributed by atoms with Crippen molar-refractivity contribution in [2.75, 3.05) is 18.1 Å². The van der Waals surface area contributed by atoms with Crippen molar-refractivity contribution in [3.8, 4) is 5.75 Å². The lowest BCUT2D eigenvalue weighted by atomic mass is 10.1. The van der Waals surface area contributed by atoms with Gasteiger partial charge < -0.3 is 9.64 Å². The largest absolute Gasteiger partial charge is 0.490 e. The highest BCUT2D eigenvalue weighted by Gasteiger charge is 2.35. The highest BCUT2D eigenvalue weighted by molar-refractivity contribution is 6.30. The molecule has 1 aliphatic heterocycles. The monoisotopic (exact) mass is 397 g/mol. The fourth-order valence-electron chi connectivity index (χ4n) is 2.82. The van der Waals surface area contributed by atoms with Crippen LogP contribution in [0.15, 0.2) is 66.3 Å². The van der Waals surface area contributed by atoms with Gasteiger partial charge in [0.25, 0.3) is 0 Å². The summed E-state index contributed by atoms with van der Waals surface area (Å²) < 4.78 is 5.41. The summed E-state index contributed by atoms with van der Waals surface area (Å²) in [6.07, 6.45) is 3.37. The van der Waals surface area contributed by atoms with Gasteiger partial charge in [0.1, 0.15) is 12.4 Å². The first kappa shape index (κ1) is 19.6. The van der Waals surface area contributed by atoms with Gasteiger partial charge in [-0.05, 0) is 54.1 Å². The summed E-state index contributed by atoms with van der Waals surface area (Å²) in [7, 11) is 0. The molecule has 7 heteroatoms. The van der Waals surface area contributed by atoms with Crippen molar-refractivity contribution in [2.24, 2.45) is 11.0 Å². The highest BCUT2D eigenvalue weighted by Crippen LogP contribution is 2.26. The molecular formula is C21H20ClN3O3. The summed E-state index contributed by atoms with van der Waals surface area (Å²) >= 11 is 5.88. The Hall–Kier alpha value is -3.12. The van der Waals surface area contributed by atoms with Crippen LogP contribution in [0.4, 0.5) is 5.69 Å². The number of nitrogens with zero attached hydrogens (tertiary/aromatic N) is 2. The summed E-state index contributed by atoms with van der Waals surface area (Å²) in [6.45, 7) is 4.35. The molecule has 0 unspecified atom stereocenters. The number of hydrazone groups is 1. The minimum atomic E-state index is -0.449. The third kappa shape index (κ3) is 4.98. The lowest BCUT2D eigenvalue weighted by Crippen LogP contribution is -2.30. The van der Waals surface area contributed by atoms with Crippen molar-refractivity contribution < 1.29 is 14.3 Å². The average Bonchev–Trinajstić information content (AvgIpc) is 3.09. The second-order valence-electron chi connectivity index (χ2n) is 6.28. The lowest BCUT2D eigenvalue weighted by molar-refractivity contribution is -0.126. The molecule has 0 spiro atoms. The Morgan fingerprint density at radius 1 is 1.25 bits per heavy atom. The molecule has 2 aromatic carbocycles. The molecule has 0 saturated carbocycles. The number of hydrogen-bond acceptors (Lipinski definition) is 4. The van der Waals surface area contributed by atoms with Crippen LogP contribution < -0.4 is 15.1 Å². The third-order valence-electron chi connectivity index (χ3n) is 4.27. The molecule has 0 aliphatic carbocycles. The van der Waals surface area contributed by atoms with E-state index in [2.05, 4.69) is 17.1 Å². The first-order chi connectivity index (χ1) is 13.6. The molecule has 3 rings (SSSR count). The van der Waals surface area contributed by atoms with E-state index in [1.165, 1.54) is 0 Å². The molecule has 2 aromatic rings. The summed E-state index contributed by atoms with van der Waals surface area (Å²) in [5.74, 6) is -0.101. The Bertz CT molecular complexity index is 879. The molecule has 144 valence electrons. The minimum absolute atomic E-state index is 0.0958. The summed E-state index contributed by atoms with van der Waals surface area (Å²) in [4.78, 5) is 26.2. The van der Waals surface area contributed by atoms with Crippen LogP contribution in [-0.4, -0.2) is 31.2 Å². The summed E-state index contributed by atoms with van der Waals surface area (Å²) in [5.41, 5.74) is 4.05. The van der Waals surface area contributed by atoms with Crippen molar-refractivity contribution in [3.05, 3.63) is 71.8 Å². The summed E-state index contributed by atoms with van der Waals surface area (Å²) in [6, 6.07) is 14.2. The molecule has 1 fully saturated rings. The third-order valence-corrected chi connectivity index (χ3v) is 4.52. The molecule has 1 atom stereocenters. The number of hydrogen-bond donors (Lipinski definition) is 1. The van der Waals surface area contributed by atoms with E-state index in [0.29, 0.717) is 18.2 Å². The van der Waals surface area contributed by atoms with Gasteiger partial charge in [-0.1, -0.05) is 24.3 Å². The maximum atomic E-state index is 12.3. The van der Waals surface area contributed by atoms with Crippen molar-refractivity contribution in [1.82, 2.24) is 5.43 Å². The molecule has 2 amide bonds. The van der Waals surface area contributed by atoms with E-state index in [1.807, 2.05) is 24.3 Å². The Morgan fingerprint density at radius 3 is 2.64 bits per heavy atom. The predicted molar refractivity (Wildman–Crippen MR) is 110 cm³/mol. The van der Waals surface area contributed by atoms with Gasteiger partial charge in [0.2, 0.25) is 11.8 Å².